The molecule has 3 N–H and O–H groups in total. The molecule has 0 radical (unpaired) electrons. The average molecular weight is 559 g/mol. The maximum absolute atomic E-state index is 12.9. The summed E-state index contributed by atoms with van der Waals surface area (Å²) in [5.41, 5.74) is 0.181. The Labute approximate surface area is 231 Å². The van der Waals surface area contributed by atoms with E-state index in [2.05, 4.69) is 20.6 Å². The number of ether oxygens (including phenoxy) is 1. The van der Waals surface area contributed by atoms with Crippen LogP contribution in [0.5, 0.6) is 0 Å². The third-order valence-corrected chi connectivity index (χ3v) is 7.27. The Balaban J connectivity index is 1.16. The van der Waals surface area contributed by atoms with Gasteiger partial charge in [0.05, 0.1) is 31.8 Å². The van der Waals surface area contributed by atoms with Crippen LogP contribution in [0.15, 0.2) is 73.7 Å². The molecule has 1 aliphatic heterocycles. The molecule has 2 aromatic carbocycles. The van der Waals surface area contributed by atoms with E-state index in [9.17, 15) is 24.3 Å². The monoisotopic (exact) mass is 558 g/mol. The molecule has 3 aromatic heterocycles. The van der Waals surface area contributed by atoms with Gasteiger partial charge in [0.25, 0.3) is 5.56 Å². The number of benzene rings is 2. The van der Waals surface area contributed by atoms with Gasteiger partial charge in [-0.2, -0.15) is 0 Å². The molecule has 0 saturated carbocycles. The molecule has 41 heavy (non-hydrogen) atoms. The summed E-state index contributed by atoms with van der Waals surface area (Å²) < 4.78 is 14.1. The third-order valence-electron chi connectivity index (χ3n) is 7.27. The molecule has 0 bridgehead atoms. The summed E-state index contributed by atoms with van der Waals surface area (Å²) >= 11 is 0. The maximum Gasteiger partial charge on any atom is 0.336 e. The molecule has 13 heteroatoms. The lowest BCUT2D eigenvalue weighted by molar-refractivity contribution is -0.120. The van der Waals surface area contributed by atoms with E-state index in [0.717, 1.165) is 10.8 Å². The minimum Gasteiger partial charge on any atom is -0.423 e. The number of hydrogen-bond donors (Lipinski definition) is 3. The van der Waals surface area contributed by atoms with Crippen LogP contribution in [0.25, 0.3) is 21.7 Å². The van der Waals surface area contributed by atoms with Crippen molar-refractivity contribution >= 4 is 27.6 Å². The van der Waals surface area contributed by atoms with E-state index in [4.69, 9.17) is 9.15 Å². The van der Waals surface area contributed by atoms with Crippen molar-refractivity contribution in [2.24, 2.45) is 0 Å². The van der Waals surface area contributed by atoms with E-state index in [0.29, 0.717) is 34.2 Å². The Hall–Kier alpha value is -4.88. The van der Waals surface area contributed by atoms with Gasteiger partial charge in [0.15, 0.2) is 0 Å². The van der Waals surface area contributed by atoms with Gasteiger partial charge in [0.2, 0.25) is 5.91 Å². The van der Waals surface area contributed by atoms with Gasteiger partial charge in [-0.1, -0.05) is 35.5 Å². The first-order valence-corrected chi connectivity index (χ1v) is 13.0. The molecule has 0 spiro atoms. The zero-order valence-corrected chi connectivity index (χ0v) is 21.9. The Morgan fingerprint density at radius 3 is 2.83 bits per heavy atom. The number of nitrogens with one attached hydrogen (secondary N) is 2. The van der Waals surface area contributed by atoms with Crippen LogP contribution in [-0.4, -0.2) is 48.3 Å². The average Bonchev–Trinajstić information content (AvgIpc) is 3.60. The number of carbonyl (C=O) groups is 1. The van der Waals surface area contributed by atoms with Gasteiger partial charge in [-0.05, 0) is 29.3 Å². The summed E-state index contributed by atoms with van der Waals surface area (Å²) in [4.78, 5) is 51.4. The summed E-state index contributed by atoms with van der Waals surface area (Å²) in [5.74, 6) is -0.315. The minimum absolute atomic E-state index is 0.0394. The molecule has 6 rings (SSSR count). The van der Waals surface area contributed by atoms with E-state index in [1.165, 1.54) is 21.5 Å². The Morgan fingerprint density at radius 2 is 2.00 bits per heavy atom. The van der Waals surface area contributed by atoms with Crippen molar-refractivity contribution in [1.29, 1.82) is 0 Å². The molecule has 3 atom stereocenters. The van der Waals surface area contributed by atoms with Crippen molar-refractivity contribution in [2.45, 2.75) is 44.7 Å². The number of aromatic nitrogens is 5. The molecule has 1 amide bonds. The predicted molar refractivity (Wildman–Crippen MR) is 146 cm³/mol. The zero-order valence-electron chi connectivity index (χ0n) is 21.9. The lowest BCUT2D eigenvalue weighted by Gasteiger charge is -2.15. The summed E-state index contributed by atoms with van der Waals surface area (Å²) in [5, 5.41) is 23.6. The van der Waals surface area contributed by atoms with Crippen LogP contribution in [-0.2, 0) is 22.5 Å². The molecule has 210 valence electrons. The van der Waals surface area contributed by atoms with E-state index >= 15 is 0 Å². The van der Waals surface area contributed by atoms with Crippen LogP contribution >= 0.6 is 0 Å². The number of amides is 1. The van der Waals surface area contributed by atoms with Gasteiger partial charge in [-0.25, -0.2) is 14.3 Å². The summed E-state index contributed by atoms with van der Waals surface area (Å²) in [6.07, 6.45) is 1.93. The van der Waals surface area contributed by atoms with Gasteiger partial charge >= 0.3 is 11.3 Å². The third kappa shape index (κ3) is 5.08. The predicted octanol–water partition coefficient (Wildman–Crippen LogP) is 1.08. The molecule has 1 saturated heterocycles. The number of nitrogens with zero attached hydrogens (tertiary/aromatic N) is 4. The Bertz CT molecular complexity index is 1960. The molecule has 4 heterocycles. The lowest BCUT2D eigenvalue weighted by atomic mass is 10.00. The van der Waals surface area contributed by atoms with Gasteiger partial charge < -0.3 is 19.6 Å². The highest BCUT2D eigenvalue weighted by molar-refractivity contribution is 6.08. The fourth-order valence-corrected chi connectivity index (χ4v) is 5.27. The second kappa shape index (κ2) is 10.6. The van der Waals surface area contributed by atoms with Crippen molar-refractivity contribution in [3.63, 3.8) is 0 Å². The summed E-state index contributed by atoms with van der Waals surface area (Å²) in [6, 6.07) is 12.2. The van der Waals surface area contributed by atoms with Gasteiger partial charge in [-0.15, -0.1) is 5.10 Å². The van der Waals surface area contributed by atoms with Crippen molar-refractivity contribution in [3.05, 3.63) is 103 Å². The molecular formula is C28H26N6O7. The minimum atomic E-state index is -0.720. The number of aliphatic hydroxyl groups is 1. The lowest BCUT2D eigenvalue weighted by Crippen LogP contribution is -2.33. The number of aromatic amines is 1. The molecule has 1 aliphatic rings. The first-order chi connectivity index (χ1) is 19.8. The number of rotatable bonds is 7. The van der Waals surface area contributed by atoms with Crippen LogP contribution in [0.1, 0.15) is 35.5 Å². The summed E-state index contributed by atoms with van der Waals surface area (Å²) in [6.45, 7) is 1.34. The molecular weight excluding hydrogens is 532 g/mol. The highest BCUT2D eigenvalue weighted by Gasteiger charge is 2.38. The molecule has 13 nitrogen and oxygen atoms in total. The van der Waals surface area contributed by atoms with E-state index in [-0.39, 0.29) is 25.5 Å². The van der Waals surface area contributed by atoms with Crippen molar-refractivity contribution < 1.29 is 19.1 Å². The Kier molecular flexibility index (Phi) is 6.81. The number of aliphatic hydroxyl groups excluding tert-OH is 1. The van der Waals surface area contributed by atoms with Crippen molar-refractivity contribution in [1.82, 2.24) is 29.9 Å². The molecule has 1 fully saturated rings. The fourth-order valence-electron chi connectivity index (χ4n) is 5.27. The van der Waals surface area contributed by atoms with Gasteiger partial charge in [0.1, 0.15) is 23.6 Å². The first kappa shape index (κ1) is 26.3. The quantitative estimate of drug-likeness (QED) is 0.195. The smallest absolute Gasteiger partial charge is 0.336 e. The van der Waals surface area contributed by atoms with E-state index in [1.54, 1.807) is 19.2 Å². The topological polar surface area (TPSA) is 174 Å². The number of H-pyrrole nitrogens is 1. The van der Waals surface area contributed by atoms with Gasteiger partial charge in [0, 0.05) is 29.6 Å². The first-order valence-electron chi connectivity index (χ1n) is 13.0. The normalized spacial score (nSPS) is 18.7. The fraction of sp³-hybridized carbons (Fsp3) is 0.286. The molecule has 0 aliphatic carbocycles. The van der Waals surface area contributed by atoms with Crippen LogP contribution < -0.4 is 22.2 Å². The summed E-state index contributed by atoms with van der Waals surface area (Å²) in [7, 11) is 0. The van der Waals surface area contributed by atoms with Crippen molar-refractivity contribution in [2.75, 3.05) is 6.61 Å². The van der Waals surface area contributed by atoms with E-state index in [1.807, 2.05) is 30.3 Å². The van der Waals surface area contributed by atoms with Gasteiger partial charge in [-0.3, -0.25) is 19.1 Å². The number of carbonyl (C=O) groups excluding carboxylic acids is 1. The van der Waals surface area contributed by atoms with Crippen LogP contribution in [0.4, 0.5) is 0 Å². The molecule has 5 aromatic rings. The Morgan fingerprint density at radius 1 is 1.17 bits per heavy atom. The van der Waals surface area contributed by atoms with Crippen LogP contribution in [0, 0.1) is 6.92 Å². The van der Waals surface area contributed by atoms with Crippen molar-refractivity contribution in [3.8, 4) is 0 Å². The second-order valence-corrected chi connectivity index (χ2v) is 9.99. The van der Waals surface area contributed by atoms with Crippen LogP contribution in [0.3, 0.4) is 0 Å². The van der Waals surface area contributed by atoms with E-state index < -0.39 is 35.2 Å². The number of hydrogen-bond acceptors (Lipinski definition) is 9. The zero-order chi connectivity index (χ0) is 28.7. The number of fused-ring (bicyclic) bond motifs is 3. The second-order valence-electron chi connectivity index (χ2n) is 9.99. The standard InChI is InChI=1S/C28H26N6O7/c1-15-12-33(28(39)30-27(15)38)24-10-20(22(14-35)40-24)34-13-18(31-32-34)11-29-23(36)8-17-9-25(37)41-21-7-6-16-4-2-3-5-19(16)26(17)21/h2-7,9,12-13,20,22,24,35H,8,10-11,14H2,1H3,(H,29,36)(H,30,38,39)/t20-,22+,24+/m0/s1. The highest BCUT2D eigenvalue weighted by atomic mass is 16.5. The SMILES string of the molecule is Cc1cn([C@H]2C[C@H](n3cc(CNC(=O)Cc4cc(=O)oc5ccc6ccccc6c45)nn3)[C@@H](CO)O2)c(=O)[nH]c1=O. The van der Waals surface area contributed by atoms with Crippen LogP contribution in [0.2, 0.25) is 0 Å². The largest absolute Gasteiger partial charge is 0.423 e. The molecule has 0 unspecified atom stereocenters. The highest BCUT2D eigenvalue weighted by Crippen LogP contribution is 2.35. The number of aryl methyl sites for hydroxylation is 1. The maximum atomic E-state index is 12.9.